The molecule has 1 unspecified atom stereocenters. The second kappa shape index (κ2) is 5.68. The minimum absolute atomic E-state index is 0.0622. The monoisotopic (exact) mass is 237 g/mol. The Morgan fingerprint density at radius 1 is 1.47 bits per heavy atom. The molecule has 0 saturated heterocycles. The molecule has 4 nitrogen and oxygen atoms in total. The highest BCUT2D eigenvalue weighted by molar-refractivity contribution is 5.77. The quantitative estimate of drug-likeness (QED) is 0.821. The molecule has 0 fully saturated rings. The van der Waals surface area contributed by atoms with E-state index in [0.717, 1.165) is 5.56 Å². The predicted molar refractivity (Wildman–Crippen MR) is 66.5 cm³/mol. The lowest BCUT2D eigenvalue weighted by molar-refractivity contribution is -0.138. The number of methoxy groups -OCH3 is 1. The van der Waals surface area contributed by atoms with E-state index in [1.54, 1.807) is 13.2 Å². The molecule has 1 aromatic carbocycles. The molecule has 0 amide bonds. The van der Waals surface area contributed by atoms with Crippen molar-refractivity contribution in [3.63, 3.8) is 0 Å². The zero-order valence-corrected chi connectivity index (χ0v) is 10.4. The molecule has 17 heavy (non-hydrogen) atoms. The van der Waals surface area contributed by atoms with E-state index < -0.39 is 11.9 Å². The van der Waals surface area contributed by atoms with Crippen molar-refractivity contribution in [1.29, 1.82) is 0 Å². The Balaban J connectivity index is 3.20. The minimum atomic E-state index is -0.928. The summed E-state index contributed by atoms with van der Waals surface area (Å²) in [4.78, 5) is 11.1. The first-order valence-corrected chi connectivity index (χ1v) is 5.62. The maximum atomic E-state index is 11.1. The second-order valence-corrected chi connectivity index (χ2v) is 4.28. The molecular weight excluding hydrogens is 218 g/mol. The van der Waals surface area contributed by atoms with Crippen molar-refractivity contribution in [2.24, 2.45) is 5.73 Å². The number of hydrogen-bond donors (Lipinski definition) is 2. The molecule has 1 aromatic rings. The zero-order chi connectivity index (χ0) is 13.0. The molecule has 0 aromatic heterocycles. The van der Waals surface area contributed by atoms with Crippen LogP contribution in [0.2, 0.25) is 0 Å². The van der Waals surface area contributed by atoms with Gasteiger partial charge in [-0.2, -0.15) is 0 Å². The number of aliphatic carboxylic acids is 1. The van der Waals surface area contributed by atoms with Crippen LogP contribution in [0.5, 0.6) is 5.75 Å². The highest BCUT2D eigenvalue weighted by Crippen LogP contribution is 2.30. The van der Waals surface area contributed by atoms with E-state index in [4.69, 9.17) is 15.6 Å². The van der Waals surface area contributed by atoms with E-state index in [1.807, 2.05) is 12.1 Å². The van der Waals surface area contributed by atoms with Crippen molar-refractivity contribution in [3.8, 4) is 5.75 Å². The maximum Gasteiger partial charge on any atom is 0.312 e. The van der Waals surface area contributed by atoms with Crippen molar-refractivity contribution in [2.75, 3.05) is 13.7 Å². The van der Waals surface area contributed by atoms with Crippen molar-refractivity contribution in [2.45, 2.75) is 25.7 Å². The van der Waals surface area contributed by atoms with Gasteiger partial charge in [-0.05, 0) is 17.5 Å². The molecule has 4 heteroatoms. The van der Waals surface area contributed by atoms with Gasteiger partial charge in [0.15, 0.2) is 0 Å². The summed E-state index contributed by atoms with van der Waals surface area (Å²) in [6.07, 6.45) is 0. The molecule has 0 aliphatic heterocycles. The number of carboxylic acids is 1. The number of ether oxygens (including phenoxy) is 1. The third kappa shape index (κ3) is 2.97. The summed E-state index contributed by atoms with van der Waals surface area (Å²) in [6.45, 7) is 4.21. The van der Waals surface area contributed by atoms with Crippen LogP contribution in [0.25, 0.3) is 0 Å². The van der Waals surface area contributed by atoms with Gasteiger partial charge in [-0.1, -0.05) is 26.0 Å². The fraction of sp³-hybridized carbons (Fsp3) is 0.462. The highest BCUT2D eigenvalue weighted by atomic mass is 16.5. The molecule has 1 rings (SSSR count). The number of carboxylic acid groups (broad SMARTS) is 1. The first-order valence-electron chi connectivity index (χ1n) is 5.62. The molecule has 0 aliphatic carbocycles. The lowest BCUT2D eigenvalue weighted by atomic mass is 9.94. The summed E-state index contributed by atoms with van der Waals surface area (Å²) in [5.74, 6) is -0.678. The topological polar surface area (TPSA) is 72.5 Å². The first kappa shape index (κ1) is 13.5. The predicted octanol–water partition coefficient (Wildman–Crippen LogP) is 1.95. The molecule has 0 radical (unpaired) electrons. The van der Waals surface area contributed by atoms with E-state index in [2.05, 4.69) is 13.8 Å². The fourth-order valence-electron chi connectivity index (χ4n) is 1.74. The number of rotatable bonds is 5. The van der Waals surface area contributed by atoms with Gasteiger partial charge in [-0.25, -0.2) is 0 Å². The van der Waals surface area contributed by atoms with E-state index in [1.165, 1.54) is 0 Å². The van der Waals surface area contributed by atoms with Crippen LogP contribution < -0.4 is 10.5 Å². The van der Waals surface area contributed by atoms with Crippen molar-refractivity contribution >= 4 is 5.97 Å². The Kier molecular flexibility index (Phi) is 4.52. The largest absolute Gasteiger partial charge is 0.496 e. The Morgan fingerprint density at radius 3 is 2.53 bits per heavy atom. The van der Waals surface area contributed by atoms with E-state index >= 15 is 0 Å². The number of benzene rings is 1. The third-order valence-electron chi connectivity index (χ3n) is 2.83. The van der Waals surface area contributed by atoms with Crippen LogP contribution in [0.4, 0.5) is 0 Å². The SMILES string of the molecule is COc1cc(C(C)C)ccc1C(CN)C(=O)O. The molecule has 94 valence electrons. The molecule has 0 aliphatic rings. The second-order valence-electron chi connectivity index (χ2n) is 4.28. The Morgan fingerprint density at radius 2 is 2.12 bits per heavy atom. The van der Waals surface area contributed by atoms with Gasteiger partial charge in [0.05, 0.1) is 13.0 Å². The number of hydrogen-bond acceptors (Lipinski definition) is 3. The maximum absolute atomic E-state index is 11.1. The van der Waals surface area contributed by atoms with Crippen LogP contribution in [0, 0.1) is 0 Å². The summed E-state index contributed by atoms with van der Waals surface area (Å²) in [5, 5.41) is 9.09. The smallest absolute Gasteiger partial charge is 0.312 e. The van der Waals surface area contributed by atoms with Gasteiger partial charge in [0, 0.05) is 12.1 Å². The summed E-state index contributed by atoms with van der Waals surface area (Å²) >= 11 is 0. The average molecular weight is 237 g/mol. The van der Waals surface area contributed by atoms with Gasteiger partial charge < -0.3 is 15.6 Å². The average Bonchev–Trinajstić information content (AvgIpc) is 2.29. The minimum Gasteiger partial charge on any atom is -0.496 e. The molecule has 0 heterocycles. The van der Waals surface area contributed by atoms with Gasteiger partial charge in [-0.15, -0.1) is 0 Å². The van der Waals surface area contributed by atoms with Crippen LogP contribution >= 0.6 is 0 Å². The van der Waals surface area contributed by atoms with Crippen LogP contribution in [-0.4, -0.2) is 24.7 Å². The molecule has 0 bridgehead atoms. The number of carbonyl (C=O) groups is 1. The Bertz CT molecular complexity index is 402. The van der Waals surface area contributed by atoms with E-state index in [9.17, 15) is 4.79 Å². The van der Waals surface area contributed by atoms with Crippen LogP contribution in [0.1, 0.15) is 36.8 Å². The van der Waals surface area contributed by atoms with Gasteiger partial charge in [0.2, 0.25) is 0 Å². The van der Waals surface area contributed by atoms with Crippen molar-refractivity contribution in [1.82, 2.24) is 0 Å². The van der Waals surface area contributed by atoms with Crippen LogP contribution in [0.15, 0.2) is 18.2 Å². The molecule has 0 saturated carbocycles. The van der Waals surface area contributed by atoms with Gasteiger partial charge in [0.1, 0.15) is 5.75 Å². The first-order chi connectivity index (χ1) is 8.01. The summed E-state index contributed by atoms with van der Waals surface area (Å²) < 4.78 is 5.25. The molecular formula is C13H19NO3. The summed E-state index contributed by atoms with van der Waals surface area (Å²) in [7, 11) is 1.54. The zero-order valence-electron chi connectivity index (χ0n) is 10.4. The highest BCUT2D eigenvalue weighted by Gasteiger charge is 2.22. The van der Waals surface area contributed by atoms with Crippen LogP contribution in [-0.2, 0) is 4.79 Å². The third-order valence-corrected chi connectivity index (χ3v) is 2.83. The number of nitrogens with two attached hydrogens (primary N) is 1. The lowest BCUT2D eigenvalue weighted by Gasteiger charge is -2.16. The Hall–Kier alpha value is -1.55. The van der Waals surface area contributed by atoms with Crippen molar-refractivity contribution < 1.29 is 14.6 Å². The standard InChI is InChI=1S/C13H19NO3/c1-8(2)9-4-5-10(12(6-9)17-3)11(7-14)13(15)16/h4-6,8,11H,7,14H2,1-3H3,(H,15,16). The lowest BCUT2D eigenvalue weighted by Crippen LogP contribution is -2.21. The normalized spacial score (nSPS) is 12.5. The van der Waals surface area contributed by atoms with Gasteiger partial charge >= 0.3 is 5.97 Å². The summed E-state index contributed by atoms with van der Waals surface area (Å²) in [5.41, 5.74) is 7.24. The molecule has 0 spiro atoms. The molecule has 3 N–H and O–H groups in total. The van der Waals surface area contributed by atoms with Crippen LogP contribution in [0.3, 0.4) is 0 Å². The van der Waals surface area contributed by atoms with Crippen molar-refractivity contribution in [3.05, 3.63) is 29.3 Å². The summed E-state index contributed by atoms with van der Waals surface area (Å²) in [6, 6.07) is 5.60. The Labute approximate surface area is 101 Å². The van der Waals surface area contributed by atoms with Gasteiger partial charge in [0.25, 0.3) is 0 Å². The van der Waals surface area contributed by atoms with E-state index in [0.29, 0.717) is 17.2 Å². The fourth-order valence-corrected chi connectivity index (χ4v) is 1.74. The molecule has 1 atom stereocenters. The van der Waals surface area contributed by atoms with E-state index in [-0.39, 0.29) is 6.54 Å². The van der Waals surface area contributed by atoms with Gasteiger partial charge in [-0.3, -0.25) is 4.79 Å².